The highest BCUT2D eigenvalue weighted by Gasteiger charge is 2.46. The maximum atomic E-state index is 13.5. The van der Waals surface area contributed by atoms with E-state index in [-0.39, 0.29) is 11.3 Å². The molecule has 8 heteroatoms. The number of carbonyl (C=O) groups is 2. The van der Waals surface area contributed by atoms with Gasteiger partial charge in [0, 0.05) is 0 Å². The second kappa shape index (κ2) is 8.46. The average Bonchev–Trinajstić information content (AvgIpc) is 3.50. The van der Waals surface area contributed by atoms with Crippen molar-refractivity contribution < 1.29 is 23.8 Å². The van der Waals surface area contributed by atoms with Gasteiger partial charge in [-0.1, -0.05) is 29.5 Å². The number of aryl methyl sites for hydroxylation is 2. The molecular weight excluding hydrogens is 452 g/mol. The zero-order valence-corrected chi connectivity index (χ0v) is 19.7. The molecule has 1 N–H and O–H groups in total. The third-order valence-corrected chi connectivity index (χ3v) is 6.66. The zero-order valence-electron chi connectivity index (χ0n) is 18.9. The number of aliphatic hydroxyl groups is 1. The first-order valence-corrected chi connectivity index (χ1v) is 11.7. The molecule has 4 aromatic rings. The molecule has 1 aliphatic heterocycles. The van der Waals surface area contributed by atoms with E-state index in [1.165, 1.54) is 16.2 Å². The highest BCUT2D eigenvalue weighted by Crippen LogP contribution is 2.44. The molecule has 0 saturated carbocycles. The van der Waals surface area contributed by atoms with Crippen LogP contribution in [0.4, 0.5) is 5.13 Å². The fraction of sp³-hybridized carbons (Fsp3) is 0.192. The molecule has 0 aliphatic carbocycles. The SMILES string of the molecule is CCOc1cccc(C2C(C(=O)c3ccc(C)o3)=C(O)C(=O)N2c2nc3ccc(C)cc3s2)c1. The van der Waals surface area contributed by atoms with Crippen LogP contribution in [0.3, 0.4) is 0 Å². The second-order valence-electron chi connectivity index (χ2n) is 8.05. The number of benzene rings is 2. The Morgan fingerprint density at radius 2 is 2.00 bits per heavy atom. The predicted octanol–water partition coefficient (Wildman–Crippen LogP) is 5.69. The summed E-state index contributed by atoms with van der Waals surface area (Å²) in [6, 6.07) is 15.3. The molecule has 1 aliphatic rings. The molecule has 1 amide bonds. The molecule has 5 rings (SSSR count). The fourth-order valence-electron chi connectivity index (χ4n) is 4.10. The molecule has 1 atom stereocenters. The summed E-state index contributed by atoms with van der Waals surface area (Å²) in [4.78, 5) is 32.9. The van der Waals surface area contributed by atoms with E-state index in [1.807, 2.05) is 32.0 Å². The van der Waals surface area contributed by atoms with Crippen LogP contribution in [-0.2, 0) is 4.79 Å². The van der Waals surface area contributed by atoms with Gasteiger partial charge in [-0.25, -0.2) is 4.98 Å². The van der Waals surface area contributed by atoms with Gasteiger partial charge < -0.3 is 14.3 Å². The van der Waals surface area contributed by atoms with Crippen molar-refractivity contribution in [1.29, 1.82) is 0 Å². The Kier molecular flexibility index (Phi) is 5.45. The lowest BCUT2D eigenvalue weighted by Crippen LogP contribution is -2.31. The van der Waals surface area contributed by atoms with Gasteiger partial charge in [0.1, 0.15) is 11.5 Å². The highest BCUT2D eigenvalue weighted by atomic mass is 32.1. The van der Waals surface area contributed by atoms with Crippen LogP contribution in [0.25, 0.3) is 10.2 Å². The van der Waals surface area contributed by atoms with Crippen molar-refractivity contribution in [1.82, 2.24) is 4.98 Å². The van der Waals surface area contributed by atoms with Gasteiger partial charge in [0.25, 0.3) is 5.91 Å². The molecule has 0 saturated heterocycles. The maximum absolute atomic E-state index is 13.5. The summed E-state index contributed by atoms with van der Waals surface area (Å²) in [5, 5.41) is 11.3. The number of rotatable bonds is 6. The van der Waals surface area contributed by atoms with Crippen LogP contribution in [0.2, 0.25) is 0 Å². The summed E-state index contributed by atoms with van der Waals surface area (Å²) >= 11 is 1.33. The van der Waals surface area contributed by atoms with Crippen molar-refractivity contribution in [2.75, 3.05) is 11.5 Å². The minimum Gasteiger partial charge on any atom is -0.503 e. The van der Waals surface area contributed by atoms with Crippen LogP contribution < -0.4 is 9.64 Å². The van der Waals surface area contributed by atoms with Gasteiger partial charge in [-0.3, -0.25) is 14.5 Å². The van der Waals surface area contributed by atoms with Crippen molar-refractivity contribution in [3.05, 3.63) is 88.6 Å². The van der Waals surface area contributed by atoms with Crippen LogP contribution in [0.5, 0.6) is 5.75 Å². The normalized spacial score (nSPS) is 16.0. The fourth-order valence-corrected chi connectivity index (χ4v) is 5.19. The van der Waals surface area contributed by atoms with Crippen LogP contribution in [0, 0.1) is 13.8 Å². The number of ketones is 1. The standard InChI is InChI=1S/C26H22N2O5S/c1-4-32-17-7-5-6-16(13-17)22-21(23(29)19-11-9-15(3)33-19)24(30)25(31)28(22)26-27-18-10-8-14(2)12-20(18)34-26/h5-13,22,30H,4H2,1-3H3. The first-order chi connectivity index (χ1) is 16.4. The van der Waals surface area contributed by atoms with Crippen LogP contribution in [-0.4, -0.2) is 28.4 Å². The Labute approximate surface area is 199 Å². The summed E-state index contributed by atoms with van der Waals surface area (Å²) in [6.45, 7) is 6.05. The van der Waals surface area contributed by atoms with E-state index in [1.54, 1.807) is 43.3 Å². The van der Waals surface area contributed by atoms with E-state index in [4.69, 9.17) is 9.15 Å². The smallest absolute Gasteiger partial charge is 0.296 e. The molecule has 7 nitrogen and oxygen atoms in total. The number of hydrogen-bond donors (Lipinski definition) is 1. The number of carbonyl (C=O) groups excluding carboxylic acids is 2. The van der Waals surface area contributed by atoms with Crippen molar-refractivity contribution >= 4 is 38.4 Å². The number of anilines is 1. The lowest BCUT2D eigenvalue weighted by molar-refractivity contribution is -0.117. The molecule has 0 fully saturated rings. The van der Waals surface area contributed by atoms with E-state index in [0.29, 0.717) is 28.8 Å². The predicted molar refractivity (Wildman–Crippen MR) is 130 cm³/mol. The van der Waals surface area contributed by atoms with Gasteiger partial charge in [-0.2, -0.15) is 0 Å². The van der Waals surface area contributed by atoms with Crippen molar-refractivity contribution in [3.63, 3.8) is 0 Å². The summed E-state index contributed by atoms with van der Waals surface area (Å²) < 4.78 is 12.1. The molecular formula is C26H22N2O5S. The quantitative estimate of drug-likeness (QED) is 0.361. The molecule has 1 unspecified atom stereocenters. The van der Waals surface area contributed by atoms with Gasteiger partial charge in [0.2, 0.25) is 5.78 Å². The number of amides is 1. The minimum absolute atomic E-state index is 0.0524. The number of aromatic nitrogens is 1. The Balaban J connectivity index is 1.68. The number of nitrogens with zero attached hydrogens (tertiary/aromatic N) is 2. The molecule has 34 heavy (non-hydrogen) atoms. The highest BCUT2D eigenvalue weighted by molar-refractivity contribution is 7.22. The van der Waals surface area contributed by atoms with E-state index >= 15 is 0 Å². The van der Waals surface area contributed by atoms with Crippen LogP contribution in [0.1, 0.15) is 40.4 Å². The number of ether oxygens (including phenoxy) is 1. The van der Waals surface area contributed by atoms with Gasteiger partial charge in [0.05, 0.1) is 28.4 Å². The van der Waals surface area contributed by atoms with E-state index in [9.17, 15) is 14.7 Å². The summed E-state index contributed by atoms with van der Waals surface area (Å²) in [5.41, 5.74) is 2.37. The van der Waals surface area contributed by atoms with Gasteiger partial charge >= 0.3 is 0 Å². The Bertz CT molecular complexity index is 1460. The van der Waals surface area contributed by atoms with Crippen LogP contribution >= 0.6 is 11.3 Å². The number of furan rings is 1. The van der Waals surface area contributed by atoms with Gasteiger partial charge in [-0.05, 0) is 68.3 Å². The summed E-state index contributed by atoms with van der Waals surface area (Å²) in [6.07, 6.45) is 0. The monoisotopic (exact) mass is 474 g/mol. The van der Waals surface area contributed by atoms with E-state index in [0.717, 1.165) is 15.8 Å². The largest absolute Gasteiger partial charge is 0.503 e. The lowest BCUT2D eigenvalue weighted by Gasteiger charge is -2.24. The summed E-state index contributed by atoms with van der Waals surface area (Å²) in [5.74, 6) is -0.638. The molecule has 2 aromatic heterocycles. The second-order valence-corrected chi connectivity index (χ2v) is 9.06. The molecule has 3 heterocycles. The molecule has 0 bridgehead atoms. The number of hydrogen-bond acceptors (Lipinski definition) is 7. The zero-order chi connectivity index (χ0) is 24.0. The Hall–Kier alpha value is -3.91. The Morgan fingerprint density at radius 3 is 2.74 bits per heavy atom. The number of aliphatic hydroxyl groups excluding tert-OH is 1. The number of thiazole rings is 1. The first-order valence-electron chi connectivity index (χ1n) is 10.8. The Morgan fingerprint density at radius 1 is 1.18 bits per heavy atom. The van der Waals surface area contributed by atoms with Crippen molar-refractivity contribution in [3.8, 4) is 5.75 Å². The number of Topliss-reactive ketones (excluding diaryl/α,β-unsaturated/α-hetero) is 1. The topological polar surface area (TPSA) is 92.9 Å². The van der Waals surface area contributed by atoms with Gasteiger partial charge in [-0.15, -0.1) is 0 Å². The van der Waals surface area contributed by atoms with Crippen LogP contribution in [0.15, 0.2) is 70.3 Å². The van der Waals surface area contributed by atoms with E-state index in [2.05, 4.69) is 4.98 Å². The van der Waals surface area contributed by atoms with Crippen molar-refractivity contribution in [2.24, 2.45) is 0 Å². The third kappa shape index (κ3) is 3.66. The number of fused-ring (bicyclic) bond motifs is 1. The van der Waals surface area contributed by atoms with Crippen molar-refractivity contribution in [2.45, 2.75) is 26.8 Å². The van der Waals surface area contributed by atoms with Gasteiger partial charge in [0.15, 0.2) is 16.7 Å². The molecule has 0 radical (unpaired) electrons. The molecule has 2 aromatic carbocycles. The van der Waals surface area contributed by atoms with E-state index < -0.39 is 23.5 Å². The summed E-state index contributed by atoms with van der Waals surface area (Å²) in [7, 11) is 0. The minimum atomic E-state index is -0.896. The third-order valence-electron chi connectivity index (χ3n) is 5.64. The maximum Gasteiger partial charge on any atom is 0.296 e. The molecule has 0 spiro atoms. The molecule has 172 valence electrons. The average molecular weight is 475 g/mol. The first kappa shape index (κ1) is 21.9. The lowest BCUT2D eigenvalue weighted by atomic mass is 9.95.